The normalized spacial score (nSPS) is 11.3. The monoisotopic (exact) mass is 418 g/mol. The second-order valence-corrected chi connectivity index (χ2v) is 5.54. The average molecular weight is 418 g/mol. The lowest BCUT2D eigenvalue weighted by molar-refractivity contribution is -0.276. The number of amides is 1. The number of ether oxygens (including phenoxy) is 2. The molecule has 9 nitrogen and oxygen atoms in total. The van der Waals surface area contributed by atoms with E-state index in [1.807, 2.05) is 0 Å². The highest BCUT2D eigenvalue weighted by Gasteiger charge is 2.31. The van der Waals surface area contributed by atoms with E-state index in [-0.39, 0.29) is 11.4 Å². The first kappa shape index (κ1) is 20.6. The molecule has 3 aromatic rings. The zero-order valence-corrected chi connectivity index (χ0v) is 15.3. The third-order valence-electron chi connectivity index (χ3n) is 3.47. The fourth-order valence-electron chi connectivity index (χ4n) is 2.17. The minimum atomic E-state index is -4.84. The molecular weight excluding hydrogens is 405 g/mol. The van der Waals surface area contributed by atoms with Crippen molar-refractivity contribution < 1.29 is 27.4 Å². The number of hydrogen-bond acceptors (Lipinski definition) is 8. The van der Waals surface area contributed by atoms with Crippen LogP contribution in [0.25, 0.3) is 11.3 Å². The molecule has 0 bridgehead atoms. The van der Waals surface area contributed by atoms with Gasteiger partial charge < -0.3 is 9.47 Å². The highest BCUT2D eigenvalue weighted by molar-refractivity contribution is 5.93. The van der Waals surface area contributed by atoms with Crippen molar-refractivity contribution in [3.8, 4) is 22.9 Å². The summed E-state index contributed by atoms with van der Waals surface area (Å²) in [4.78, 5) is 27.8. The molecule has 0 radical (unpaired) electrons. The Labute approximate surface area is 167 Å². The molecule has 0 aliphatic carbocycles. The second-order valence-electron chi connectivity index (χ2n) is 5.54. The fraction of sp³-hybridized carbons (Fsp3) is 0.111. The van der Waals surface area contributed by atoms with E-state index in [0.29, 0.717) is 17.0 Å². The van der Waals surface area contributed by atoms with Gasteiger partial charge in [-0.05, 0) is 12.1 Å². The van der Waals surface area contributed by atoms with Crippen LogP contribution in [-0.2, 0) is 0 Å². The van der Waals surface area contributed by atoms with E-state index in [4.69, 9.17) is 4.74 Å². The number of nitrogens with zero attached hydrogens (tertiary/aromatic N) is 5. The number of rotatable bonds is 6. The molecule has 3 heterocycles. The van der Waals surface area contributed by atoms with Gasteiger partial charge in [0.25, 0.3) is 5.91 Å². The standard InChI is InChI=1S/C18H13F3N6O3/c1-29-13-4-5-23-12(6-13)8-25-27-17(28)15-10-22-9-14(26-15)11-2-3-16(24-7-11)30-18(19,20)21/h2-10H,1H3,(H,27,28)/b25-8+. The number of aromatic nitrogens is 4. The van der Waals surface area contributed by atoms with Crippen molar-refractivity contribution in [2.24, 2.45) is 5.10 Å². The van der Waals surface area contributed by atoms with Crippen LogP contribution in [0.4, 0.5) is 13.2 Å². The number of halogens is 3. The van der Waals surface area contributed by atoms with Gasteiger partial charge in [0.15, 0.2) is 0 Å². The Kier molecular flexibility index (Phi) is 6.15. The molecule has 1 N–H and O–H groups in total. The van der Waals surface area contributed by atoms with Crippen molar-refractivity contribution in [2.45, 2.75) is 6.36 Å². The van der Waals surface area contributed by atoms with E-state index in [2.05, 4.69) is 35.2 Å². The molecule has 30 heavy (non-hydrogen) atoms. The first-order chi connectivity index (χ1) is 14.3. The summed E-state index contributed by atoms with van der Waals surface area (Å²) in [6.45, 7) is 0. The van der Waals surface area contributed by atoms with Crippen molar-refractivity contribution in [2.75, 3.05) is 7.11 Å². The molecule has 1 amide bonds. The molecule has 3 rings (SSSR count). The maximum Gasteiger partial charge on any atom is 0.574 e. The summed E-state index contributed by atoms with van der Waals surface area (Å²) >= 11 is 0. The Hall–Kier alpha value is -4.09. The van der Waals surface area contributed by atoms with Crippen molar-refractivity contribution in [3.05, 3.63) is 60.4 Å². The topological polar surface area (TPSA) is 111 Å². The van der Waals surface area contributed by atoms with E-state index in [1.165, 1.54) is 38.0 Å². The number of pyridine rings is 2. The van der Waals surface area contributed by atoms with E-state index in [1.54, 1.807) is 12.1 Å². The zero-order valence-electron chi connectivity index (χ0n) is 15.3. The first-order valence-electron chi connectivity index (χ1n) is 8.22. The molecular formula is C18H13F3N6O3. The highest BCUT2D eigenvalue weighted by Crippen LogP contribution is 2.23. The molecule has 0 aromatic carbocycles. The number of carbonyl (C=O) groups is 1. The molecule has 0 saturated carbocycles. The maximum absolute atomic E-state index is 12.2. The number of methoxy groups -OCH3 is 1. The van der Waals surface area contributed by atoms with Crippen LogP contribution in [0.15, 0.2) is 54.2 Å². The molecule has 12 heteroatoms. The summed E-state index contributed by atoms with van der Waals surface area (Å²) in [5.41, 5.74) is 3.26. The van der Waals surface area contributed by atoms with E-state index in [9.17, 15) is 18.0 Å². The number of alkyl halides is 3. The van der Waals surface area contributed by atoms with Crippen LogP contribution in [0.2, 0.25) is 0 Å². The van der Waals surface area contributed by atoms with E-state index >= 15 is 0 Å². The Morgan fingerprint density at radius 2 is 2.00 bits per heavy atom. The smallest absolute Gasteiger partial charge is 0.497 e. The van der Waals surface area contributed by atoms with Crippen LogP contribution in [0.3, 0.4) is 0 Å². The summed E-state index contributed by atoms with van der Waals surface area (Å²) in [6.07, 6.45) is 1.68. The Morgan fingerprint density at radius 3 is 2.70 bits per heavy atom. The van der Waals surface area contributed by atoms with Gasteiger partial charge in [-0.1, -0.05) is 0 Å². The number of nitrogens with one attached hydrogen (secondary N) is 1. The molecule has 0 spiro atoms. The van der Waals surface area contributed by atoms with Crippen LogP contribution in [0, 0.1) is 0 Å². The average Bonchev–Trinajstić information content (AvgIpc) is 2.73. The van der Waals surface area contributed by atoms with Crippen LogP contribution in [0.5, 0.6) is 11.6 Å². The second kappa shape index (κ2) is 8.94. The maximum atomic E-state index is 12.2. The van der Waals surface area contributed by atoms with Crippen molar-refractivity contribution >= 4 is 12.1 Å². The quantitative estimate of drug-likeness (QED) is 0.484. The fourth-order valence-corrected chi connectivity index (χ4v) is 2.17. The van der Waals surface area contributed by atoms with Gasteiger partial charge in [-0.3, -0.25) is 14.8 Å². The lowest BCUT2D eigenvalue weighted by Crippen LogP contribution is -2.19. The number of hydrogen-bond donors (Lipinski definition) is 1. The van der Waals surface area contributed by atoms with Gasteiger partial charge in [-0.15, -0.1) is 13.2 Å². The van der Waals surface area contributed by atoms with E-state index < -0.39 is 18.1 Å². The lowest BCUT2D eigenvalue weighted by Gasteiger charge is -2.08. The van der Waals surface area contributed by atoms with Gasteiger partial charge in [-0.2, -0.15) is 5.10 Å². The lowest BCUT2D eigenvalue weighted by atomic mass is 10.2. The van der Waals surface area contributed by atoms with Gasteiger partial charge in [0.1, 0.15) is 11.4 Å². The Balaban J connectivity index is 1.68. The largest absolute Gasteiger partial charge is 0.574 e. The van der Waals surface area contributed by atoms with Crippen molar-refractivity contribution in [1.82, 2.24) is 25.4 Å². The molecule has 154 valence electrons. The highest BCUT2D eigenvalue weighted by atomic mass is 19.4. The Bertz CT molecular complexity index is 1060. The van der Waals surface area contributed by atoms with Crippen molar-refractivity contribution in [1.29, 1.82) is 0 Å². The molecule has 0 aliphatic rings. The molecule has 0 aliphatic heterocycles. The zero-order chi connectivity index (χ0) is 21.6. The number of carbonyl (C=O) groups excluding carboxylic acids is 1. The van der Waals surface area contributed by atoms with Crippen LogP contribution in [0.1, 0.15) is 16.2 Å². The van der Waals surface area contributed by atoms with Gasteiger partial charge in [-0.25, -0.2) is 15.4 Å². The van der Waals surface area contributed by atoms with Crippen LogP contribution in [-0.4, -0.2) is 45.5 Å². The molecule has 0 saturated heterocycles. The van der Waals surface area contributed by atoms with Gasteiger partial charge in [0.2, 0.25) is 5.88 Å². The third-order valence-corrected chi connectivity index (χ3v) is 3.47. The predicted octanol–water partition coefficient (Wildman–Crippen LogP) is 2.60. The SMILES string of the molecule is COc1ccnc(/C=N/NC(=O)c2cncc(-c3ccc(OC(F)(F)F)nc3)n2)c1. The van der Waals surface area contributed by atoms with E-state index in [0.717, 1.165) is 12.3 Å². The summed E-state index contributed by atoms with van der Waals surface area (Å²) in [5.74, 6) is -0.682. The van der Waals surface area contributed by atoms with Gasteiger partial charge in [0.05, 0.1) is 37.1 Å². The third kappa shape index (κ3) is 5.70. The van der Waals surface area contributed by atoms with Crippen LogP contribution < -0.4 is 14.9 Å². The molecule has 0 fully saturated rings. The first-order valence-corrected chi connectivity index (χ1v) is 8.22. The van der Waals surface area contributed by atoms with Crippen molar-refractivity contribution in [3.63, 3.8) is 0 Å². The number of hydrazone groups is 1. The molecule has 0 atom stereocenters. The summed E-state index contributed by atoms with van der Waals surface area (Å²) in [5, 5.41) is 3.80. The van der Waals surface area contributed by atoms with Gasteiger partial charge in [0, 0.05) is 30.1 Å². The molecule has 0 unspecified atom stereocenters. The minimum absolute atomic E-state index is 0.0566. The minimum Gasteiger partial charge on any atom is -0.497 e. The molecule has 3 aromatic heterocycles. The predicted molar refractivity (Wildman–Crippen MR) is 97.8 cm³/mol. The summed E-state index contributed by atoms with van der Waals surface area (Å²) in [6, 6.07) is 5.62. The summed E-state index contributed by atoms with van der Waals surface area (Å²) < 4.78 is 45.4. The summed E-state index contributed by atoms with van der Waals surface area (Å²) in [7, 11) is 1.51. The Morgan fingerprint density at radius 1 is 1.17 bits per heavy atom. The van der Waals surface area contributed by atoms with Crippen LogP contribution >= 0.6 is 0 Å². The van der Waals surface area contributed by atoms with Gasteiger partial charge >= 0.3 is 6.36 Å².